The first-order valence-corrected chi connectivity index (χ1v) is 5.74. The van der Waals surface area contributed by atoms with E-state index >= 15 is 0 Å². The van der Waals surface area contributed by atoms with E-state index in [4.69, 9.17) is 5.73 Å². The molecule has 1 aromatic rings. The molecule has 86 valence electrons. The highest BCUT2D eigenvalue weighted by atomic mass is 16.2. The molecule has 4 heteroatoms. The van der Waals surface area contributed by atoms with Crippen LogP contribution < -0.4 is 5.73 Å². The first kappa shape index (κ1) is 10.9. The van der Waals surface area contributed by atoms with Crippen molar-refractivity contribution in [1.82, 2.24) is 9.88 Å². The van der Waals surface area contributed by atoms with Crippen LogP contribution in [0.3, 0.4) is 0 Å². The van der Waals surface area contributed by atoms with Gasteiger partial charge in [0.1, 0.15) is 5.82 Å². The van der Waals surface area contributed by atoms with Crippen LogP contribution in [0.4, 0.5) is 5.82 Å². The van der Waals surface area contributed by atoms with Crippen molar-refractivity contribution in [2.75, 3.05) is 12.3 Å². The van der Waals surface area contributed by atoms with E-state index in [0.717, 1.165) is 31.4 Å². The summed E-state index contributed by atoms with van der Waals surface area (Å²) in [4.78, 5) is 17.7. The van der Waals surface area contributed by atoms with Crippen molar-refractivity contribution in [2.45, 2.75) is 32.2 Å². The number of hydrogen-bond acceptors (Lipinski definition) is 3. The minimum absolute atomic E-state index is 0.259. The molecule has 2 rings (SSSR count). The topological polar surface area (TPSA) is 59.2 Å². The van der Waals surface area contributed by atoms with E-state index < -0.39 is 0 Å². The maximum atomic E-state index is 11.8. The van der Waals surface area contributed by atoms with E-state index in [2.05, 4.69) is 4.98 Å². The Hall–Kier alpha value is -1.58. The second-order valence-electron chi connectivity index (χ2n) is 4.22. The molecule has 0 aliphatic carbocycles. The summed E-state index contributed by atoms with van der Waals surface area (Å²) in [6.45, 7) is 1.52. The van der Waals surface area contributed by atoms with Gasteiger partial charge in [-0.15, -0.1) is 0 Å². The molecule has 16 heavy (non-hydrogen) atoms. The predicted octanol–water partition coefficient (Wildman–Crippen LogP) is 1.57. The maximum Gasteiger partial charge on any atom is 0.222 e. The largest absolute Gasteiger partial charge is 0.384 e. The first-order chi connectivity index (χ1) is 7.75. The lowest BCUT2D eigenvalue weighted by Gasteiger charge is -2.20. The van der Waals surface area contributed by atoms with Crippen molar-refractivity contribution >= 4 is 11.7 Å². The van der Waals surface area contributed by atoms with Crippen LogP contribution in [-0.2, 0) is 11.3 Å². The van der Waals surface area contributed by atoms with Gasteiger partial charge in [0, 0.05) is 25.7 Å². The molecule has 0 radical (unpaired) electrons. The van der Waals surface area contributed by atoms with Gasteiger partial charge in [-0.25, -0.2) is 4.98 Å². The van der Waals surface area contributed by atoms with Crippen LogP contribution >= 0.6 is 0 Å². The summed E-state index contributed by atoms with van der Waals surface area (Å²) in [7, 11) is 0. The summed E-state index contributed by atoms with van der Waals surface area (Å²) in [6, 6.07) is 3.71. The molecule has 1 aliphatic rings. The number of carbonyl (C=O) groups is 1. The Labute approximate surface area is 95.5 Å². The second-order valence-corrected chi connectivity index (χ2v) is 4.22. The van der Waals surface area contributed by atoms with Crippen LogP contribution in [0.15, 0.2) is 18.3 Å². The fraction of sp³-hybridized carbons (Fsp3) is 0.500. The lowest BCUT2D eigenvalue weighted by atomic mass is 10.2. The summed E-state index contributed by atoms with van der Waals surface area (Å²) in [5.74, 6) is 0.778. The van der Waals surface area contributed by atoms with Gasteiger partial charge in [-0.05, 0) is 24.5 Å². The summed E-state index contributed by atoms with van der Waals surface area (Å²) in [5, 5.41) is 0. The predicted molar refractivity (Wildman–Crippen MR) is 62.5 cm³/mol. The molecule has 0 aromatic carbocycles. The Morgan fingerprint density at radius 3 is 2.94 bits per heavy atom. The standard InChI is InChI=1S/C12H17N3O/c13-11-6-5-10(8-14-11)9-15-7-3-1-2-4-12(15)16/h5-6,8H,1-4,7,9H2,(H2,13,14). The minimum Gasteiger partial charge on any atom is -0.384 e. The normalized spacial score (nSPS) is 17.2. The van der Waals surface area contributed by atoms with Gasteiger partial charge in [0.15, 0.2) is 0 Å². The zero-order valence-electron chi connectivity index (χ0n) is 9.35. The van der Waals surface area contributed by atoms with Crippen LogP contribution in [0.2, 0.25) is 0 Å². The van der Waals surface area contributed by atoms with E-state index in [1.54, 1.807) is 12.3 Å². The van der Waals surface area contributed by atoms with Gasteiger partial charge >= 0.3 is 0 Å². The number of pyridine rings is 1. The Morgan fingerprint density at radius 1 is 1.31 bits per heavy atom. The lowest BCUT2D eigenvalue weighted by molar-refractivity contribution is -0.131. The average molecular weight is 219 g/mol. The molecule has 0 atom stereocenters. The molecule has 1 saturated heterocycles. The van der Waals surface area contributed by atoms with Crippen molar-refractivity contribution in [3.8, 4) is 0 Å². The zero-order chi connectivity index (χ0) is 11.4. The summed E-state index contributed by atoms with van der Waals surface area (Å²) in [5.41, 5.74) is 6.57. The van der Waals surface area contributed by atoms with Crippen LogP contribution in [0.5, 0.6) is 0 Å². The first-order valence-electron chi connectivity index (χ1n) is 5.74. The number of nitrogen functional groups attached to an aromatic ring is 1. The zero-order valence-corrected chi connectivity index (χ0v) is 9.35. The highest BCUT2D eigenvalue weighted by Crippen LogP contribution is 2.14. The van der Waals surface area contributed by atoms with Crippen LogP contribution in [0.1, 0.15) is 31.2 Å². The number of anilines is 1. The Morgan fingerprint density at radius 2 is 2.19 bits per heavy atom. The number of nitrogens with zero attached hydrogens (tertiary/aromatic N) is 2. The number of likely N-dealkylation sites (tertiary alicyclic amines) is 1. The lowest BCUT2D eigenvalue weighted by Crippen LogP contribution is -2.29. The highest BCUT2D eigenvalue weighted by molar-refractivity contribution is 5.76. The third-order valence-corrected chi connectivity index (χ3v) is 2.89. The highest BCUT2D eigenvalue weighted by Gasteiger charge is 2.16. The molecular weight excluding hydrogens is 202 g/mol. The molecule has 4 nitrogen and oxygen atoms in total. The van der Waals surface area contributed by atoms with Gasteiger partial charge in [-0.3, -0.25) is 4.79 Å². The number of amides is 1. The van der Waals surface area contributed by atoms with Crippen molar-refractivity contribution < 1.29 is 4.79 Å². The SMILES string of the molecule is Nc1ccc(CN2CCCCCC2=O)cn1. The molecule has 1 amide bonds. The second kappa shape index (κ2) is 4.96. The van der Waals surface area contributed by atoms with Crippen LogP contribution in [0, 0.1) is 0 Å². The Kier molecular flexibility index (Phi) is 3.39. The number of hydrogen-bond donors (Lipinski definition) is 1. The molecule has 1 aromatic heterocycles. The molecule has 0 bridgehead atoms. The van der Waals surface area contributed by atoms with Gasteiger partial charge in [-0.2, -0.15) is 0 Å². The van der Waals surface area contributed by atoms with Crippen molar-refractivity contribution in [1.29, 1.82) is 0 Å². The molecule has 0 unspecified atom stereocenters. The summed E-state index contributed by atoms with van der Waals surface area (Å²) >= 11 is 0. The van der Waals surface area contributed by atoms with E-state index in [-0.39, 0.29) is 5.91 Å². The molecule has 2 heterocycles. The average Bonchev–Trinajstić information content (AvgIpc) is 2.48. The van der Waals surface area contributed by atoms with Gasteiger partial charge in [0.25, 0.3) is 0 Å². The molecular formula is C12H17N3O. The van der Waals surface area contributed by atoms with E-state index in [0.29, 0.717) is 18.8 Å². The molecule has 1 fully saturated rings. The third kappa shape index (κ3) is 2.72. The fourth-order valence-corrected chi connectivity index (χ4v) is 1.96. The maximum absolute atomic E-state index is 11.8. The number of rotatable bonds is 2. The number of nitrogens with two attached hydrogens (primary N) is 1. The Balaban J connectivity index is 2.02. The van der Waals surface area contributed by atoms with Gasteiger partial charge in [0.05, 0.1) is 0 Å². The smallest absolute Gasteiger partial charge is 0.222 e. The Bertz CT molecular complexity index is 361. The van der Waals surface area contributed by atoms with E-state index in [1.165, 1.54) is 0 Å². The minimum atomic E-state index is 0.259. The quantitative estimate of drug-likeness (QED) is 0.821. The molecule has 0 spiro atoms. The van der Waals surface area contributed by atoms with Crippen molar-refractivity contribution in [3.63, 3.8) is 0 Å². The van der Waals surface area contributed by atoms with Gasteiger partial charge in [0.2, 0.25) is 5.91 Å². The van der Waals surface area contributed by atoms with Gasteiger partial charge in [-0.1, -0.05) is 12.5 Å². The molecule has 0 saturated carbocycles. The molecule has 1 aliphatic heterocycles. The van der Waals surface area contributed by atoms with Crippen molar-refractivity contribution in [2.24, 2.45) is 0 Å². The van der Waals surface area contributed by atoms with Crippen LogP contribution in [0.25, 0.3) is 0 Å². The third-order valence-electron chi connectivity index (χ3n) is 2.89. The van der Waals surface area contributed by atoms with E-state index in [1.807, 2.05) is 11.0 Å². The summed E-state index contributed by atoms with van der Waals surface area (Å²) < 4.78 is 0. The van der Waals surface area contributed by atoms with E-state index in [9.17, 15) is 4.79 Å². The van der Waals surface area contributed by atoms with Gasteiger partial charge < -0.3 is 10.6 Å². The number of carbonyl (C=O) groups excluding carboxylic acids is 1. The van der Waals surface area contributed by atoms with Crippen LogP contribution in [-0.4, -0.2) is 22.3 Å². The molecule has 2 N–H and O–H groups in total. The number of aromatic nitrogens is 1. The summed E-state index contributed by atoms with van der Waals surface area (Å²) in [6.07, 6.45) is 5.71. The fourth-order valence-electron chi connectivity index (χ4n) is 1.96. The monoisotopic (exact) mass is 219 g/mol. The van der Waals surface area contributed by atoms with Crippen molar-refractivity contribution in [3.05, 3.63) is 23.9 Å².